The van der Waals surface area contributed by atoms with E-state index in [1.54, 1.807) is 22.7 Å². The Morgan fingerprint density at radius 1 is 1.33 bits per heavy atom. The van der Waals surface area contributed by atoms with Gasteiger partial charge in [-0.2, -0.15) is 5.10 Å². The van der Waals surface area contributed by atoms with Crippen LogP contribution in [0.4, 0.5) is 11.5 Å². The van der Waals surface area contributed by atoms with E-state index in [9.17, 15) is 4.79 Å². The highest BCUT2D eigenvalue weighted by Crippen LogP contribution is 2.27. The molecule has 1 aromatic carbocycles. The molecule has 156 valence electrons. The van der Waals surface area contributed by atoms with Crippen LogP contribution in [0.2, 0.25) is 0 Å². The summed E-state index contributed by atoms with van der Waals surface area (Å²) in [5.41, 5.74) is 8.20. The van der Waals surface area contributed by atoms with Crippen LogP contribution < -0.4 is 10.6 Å². The number of anilines is 2. The Labute approximate surface area is 188 Å². The molecule has 2 aromatic heterocycles. The maximum Gasteiger partial charge on any atom is 0.250 e. The zero-order chi connectivity index (χ0) is 21.3. The van der Waals surface area contributed by atoms with E-state index in [4.69, 9.17) is 5.73 Å². The Balaban J connectivity index is 1.53. The number of hydrogen-bond acceptors (Lipinski definition) is 6. The Morgan fingerprint density at radius 2 is 2.13 bits per heavy atom. The standard InChI is InChI=1S/C21H24IN7O/c1-27(14-6-3-7-14)11-5-10-17(30)28(2)15-8-4-9-16(12-15)29-21-18(19(22)26-29)20(23)24-13-25-21/h4-5,8-10,12-14H,3,6-7,11H2,1-2H3,(H2,23,24,25). The molecule has 0 atom stereocenters. The maximum atomic E-state index is 12.6. The van der Waals surface area contributed by atoms with Gasteiger partial charge in [-0.1, -0.05) is 18.6 Å². The summed E-state index contributed by atoms with van der Waals surface area (Å²) in [5.74, 6) is 0.330. The number of aromatic nitrogens is 4. The quantitative estimate of drug-likeness (QED) is 0.399. The molecule has 3 aromatic rings. The summed E-state index contributed by atoms with van der Waals surface area (Å²) in [6, 6.07) is 8.28. The van der Waals surface area contributed by atoms with Gasteiger partial charge in [0, 0.05) is 31.4 Å². The fraction of sp³-hybridized carbons (Fsp3) is 0.333. The Morgan fingerprint density at radius 3 is 2.87 bits per heavy atom. The van der Waals surface area contributed by atoms with E-state index < -0.39 is 0 Å². The van der Waals surface area contributed by atoms with Gasteiger partial charge >= 0.3 is 0 Å². The van der Waals surface area contributed by atoms with Gasteiger partial charge in [-0.25, -0.2) is 14.6 Å². The number of rotatable bonds is 6. The van der Waals surface area contributed by atoms with Crippen LogP contribution in [-0.4, -0.2) is 57.2 Å². The first kappa shape index (κ1) is 20.7. The van der Waals surface area contributed by atoms with Gasteiger partial charge in [0.2, 0.25) is 5.91 Å². The van der Waals surface area contributed by atoms with E-state index in [0.717, 1.165) is 27.0 Å². The highest BCUT2D eigenvalue weighted by Gasteiger charge is 2.21. The van der Waals surface area contributed by atoms with Crippen LogP contribution in [0.25, 0.3) is 16.7 Å². The van der Waals surface area contributed by atoms with Gasteiger partial charge in [0.05, 0.1) is 11.1 Å². The number of benzene rings is 1. The van der Waals surface area contributed by atoms with Gasteiger partial charge in [-0.15, -0.1) is 0 Å². The van der Waals surface area contributed by atoms with Crippen LogP contribution in [0.5, 0.6) is 0 Å². The zero-order valence-electron chi connectivity index (χ0n) is 17.0. The van der Waals surface area contributed by atoms with Crippen LogP contribution in [0.3, 0.4) is 0 Å². The van der Waals surface area contributed by atoms with Crippen LogP contribution in [-0.2, 0) is 4.79 Å². The Hall–Kier alpha value is -2.53. The van der Waals surface area contributed by atoms with Gasteiger partial charge in [0.25, 0.3) is 0 Å². The molecule has 2 heterocycles. The van der Waals surface area contributed by atoms with Crippen molar-refractivity contribution in [3.8, 4) is 5.69 Å². The molecule has 1 saturated carbocycles. The van der Waals surface area contributed by atoms with Gasteiger partial charge in [-0.3, -0.25) is 9.69 Å². The molecule has 1 aliphatic rings. The number of nitrogen functional groups attached to an aromatic ring is 1. The summed E-state index contributed by atoms with van der Waals surface area (Å²) in [4.78, 5) is 25.0. The van der Waals surface area contributed by atoms with Crippen molar-refractivity contribution in [2.75, 3.05) is 31.3 Å². The lowest BCUT2D eigenvalue weighted by molar-refractivity contribution is -0.113. The lowest BCUT2D eigenvalue weighted by atomic mass is 9.92. The van der Waals surface area contributed by atoms with E-state index in [1.165, 1.54) is 25.6 Å². The number of amides is 1. The molecule has 1 amide bonds. The SMILES string of the molecule is CN(C(=O)C=CCN(C)C1CCC1)c1cccc(-n2nc(I)c3c(N)ncnc32)c1. The first-order valence-corrected chi connectivity index (χ1v) is 10.9. The number of likely N-dealkylation sites (N-methyl/N-ethyl adjacent to an activating group) is 2. The Bertz CT molecular complexity index is 1110. The first-order valence-electron chi connectivity index (χ1n) is 9.85. The average molecular weight is 517 g/mol. The van der Waals surface area contributed by atoms with Gasteiger partial charge < -0.3 is 10.6 Å². The molecule has 0 aliphatic heterocycles. The number of nitrogens with two attached hydrogens (primary N) is 1. The number of carbonyl (C=O) groups is 1. The fourth-order valence-corrected chi connectivity index (χ4v) is 4.22. The Kier molecular flexibility index (Phi) is 6.00. The smallest absolute Gasteiger partial charge is 0.250 e. The molecule has 8 nitrogen and oxygen atoms in total. The van der Waals surface area contributed by atoms with Crippen molar-refractivity contribution in [3.05, 3.63) is 46.4 Å². The minimum Gasteiger partial charge on any atom is -0.383 e. The van der Waals surface area contributed by atoms with E-state index in [0.29, 0.717) is 17.5 Å². The summed E-state index contributed by atoms with van der Waals surface area (Å²) in [7, 11) is 3.88. The third kappa shape index (κ3) is 4.04. The molecular formula is C21H24IN7O. The summed E-state index contributed by atoms with van der Waals surface area (Å²) < 4.78 is 2.45. The second-order valence-corrected chi connectivity index (χ2v) is 8.53. The monoisotopic (exact) mass is 517 g/mol. The molecule has 30 heavy (non-hydrogen) atoms. The van der Waals surface area contributed by atoms with Crippen molar-refractivity contribution in [1.29, 1.82) is 0 Å². The van der Waals surface area contributed by atoms with Crippen LogP contribution in [0, 0.1) is 3.70 Å². The topological polar surface area (TPSA) is 93.2 Å². The van der Waals surface area contributed by atoms with Crippen molar-refractivity contribution in [3.63, 3.8) is 0 Å². The van der Waals surface area contributed by atoms with Crippen molar-refractivity contribution in [1.82, 2.24) is 24.6 Å². The molecule has 0 bridgehead atoms. The van der Waals surface area contributed by atoms with Crippen LogP contribution >= 0.6 is 22.6 Å². The summed E-state index contributed by atoms with van der Waals surface area (Å²) >= 11 is 2.13. The normalized spacial score (nSPS) is 14.5. The van der Waals surface area contributed by atoms with Gasteiger partial charge in [0.1, 0.15) is 15.8 Å². The van der Waals surface area contributed by atoms with Crippen molar-refractivity contribution >= 4 is 51.0 Å². The molecule has 4 rings (SSSR count). The van der Waals surface area contributed by atoms with Gasteiger partial charge in [-0.05, 0) is 60.7 Å². The number of carbonyl (C=O) groups excluding carboxylic acids is 1. The fourth-order valence-electron chi connectivity index (χ4n) is 3.48. The number of halogens is 1. The van der Waals surface area contributed by atoms with E-state index in [2.05, 4.69) is 49.6 Å². The summed E-state index contributed by atoms with van der Waals surface area (Å²) in [6.07, 6.45) is 8.81. The summed E-state index contributed by atoms with van der Waals surface area (Å²) in [6.45, 7) is 0.781. The molecule has 2 N–H and O–H groups in total. The van der Waals surface area contributed by atoms with E-state index in [1.807, 2.05) is 30.3 Å². The number of nitrogens with zero attached hydrogens (tertiary/aromatic N) is 6. The molecule has 0 radical (unpaired) electrons. The molecule has 9 heteroatoms. The predicted molar refractivity (Wildman–Crippen MR) is 127 cm³/mol. The van der Waals surface area contributed by atoms with Gasteiger partial charge in [0.15, 0.2) is 5.65 Å². The van der Waals surface area contributed by atoms with Crippen molar-refractivity contribution in [2.45, 2.75) is 25.3 Å². The maximum absolute atomic E-state index is 12.6. The molecule has 0 spiro atoms. The largest absolute Gasteiger partial charge is 0.383 e. The van der Waals surface area contributed by atoms with E-state index >= 15 is 0 Å². The highest BCUT2D eigenvalue weighted by molar-refractivity contribution is 14.1. The third-order valence-electron chi connectivity index (χ3n) is 5.60. The number of hydrogen-bond donors (Lipinski definition) is 1. The van der Waals surface area contributed by atoms with Crippen molar-refractivity contribution < 1.29 is 4.79 Å². The lowest BCUT2D eigenvalue weighted by Crippen LogP contribution is -2.37. The third-order valence-corrected chi connectivity index (χ3v) is 6.35. The highest BCUT2D eigenvalue weighted by atomic mass is 127. The average Bonchev–Trinajstić information content (AvgIpc) is 3.04. The molecule has 0 saturated heterocycles. The number of fused-ring (bicyclic) bond motifs is 1. The minimum absolute atomic E-state index is 0.0689. The second-order valence-electron chi connectivity index (χ2n) is 7.50. The van der Waals surface area contributed by atoms with Crippen molar-refractivity contribution in [2.24, 2.45) is 0 Å². The molecule has 1 aliphatic carbocycles. The molecule has 0 unspecified atom stereocenters. The predicted octanol–water partition coefficient (Wildman–Crippen LogP) is 3.01. The van der Waals surface area contributed by atoms with Crippen LogP contribution in [0.15, 0.2) is 42.7 Å². The van der Waals surface area contributed by atoms with E-state index in [-0.39, 0.29) is 5.91 Å². The molecule has 1 fully saturated rings. The zero-order valence-corrected chi connectivity index (χ0v) is 19.2. The summed E-state index contributed by atoms with van der Waals surface area (Å²) in [5, 5.41) is 5.29. The lowest BCUT2D eigenvalue weighted by Gasteiger charge is -2.33. The first-order chi connectivity index (χ1) is 14.5. The second kappa shape index (κ2) is 8.68. The minimum atomic E-state index is -0.0689. The molecular weight excluding hydrogens is 493 g/mol. The van der Waals surface area contributed by atoms with Crippen LogP contribution in [0.1, 0.15) is 19.3 Å².